The summed E-state index contributed by atoms with van der Waals surface area (Å²) in [7, 11) is 0. The molecule has 1 heterocycles. The van der Waals surface area contributed by atoms with E-state index in [2.05, 4.69) is 0 Å². The highest BCUT2D eigenvalue weighted by Crippen LogP contribution is 2.18. The van der Waals surface area contributed by atoms with Gasteiger partial charge in [0, 0.05) is 0 Å². The Bertz CT molecular complexity index is 553. The van der Waals surface area contributed by atoms with E-state index in [1.54, 1.807) is 6.92 Å². The molecule has 1 saturated heterocycles. The van der Waals surface area contributed by atoms with Gasteiger partial charge < -0.3 is 24.2 Å². The number of benzene rings is 1. The first kappa shape index (κ1) is 19.7. The minimum atomic E-state index is -1.12. The molecule has 1 aromatic carbocycles. The minimum absolute atomic E-state index is 0.145. The summed E-state index contributed by atoms with van der Waals surface area (Å²) in [5.74, 6) is 0. The van der Waals surface area contributed by atoms with Crippen molar-refractivity contribution >= 4 is 6.09 Å². The van der Waals surface area contributed by atoms with Gasteiger partial charge in [0.05, 0.1) is 39.0 Å². The summed E-state index contributed by atoms with van der Waals surface area (Å²) in [6.07, 6.45) is -0.767. The molecule has 25 heavy (non-hydrogen) atoms. The van der Waals surface area contributed by atoms with Gasteiger partial charge in [-0.15, -0.1) is 0 Å². The minimum Gasteiger partial charge on any atom is -0.444 e. The third kappa shape index (κ3) is 7.02. The second kappa shape index (κ2) is 8.17. The zero-order valence-corrected chi connectivity index (χ0v) is 15.5. The van der Waals surface area contributed by atoms with Gasteiger partial charge in [0.25, 0.3) is 0 Å². The van der Waals surface area contributed by atoms with E-state index in [0.717, 1.165) is 5.56 Å². The average molecular weight is 351 g/mol. The summed E-state index contributed by atoms with van der Waals surface area (Å²) < 4.78 is 16.9. The number of ether oxygens (including phenoxy) is 3. The molecule has 1 aliphatic rings. The molecule has 140 valence electrons. The Kier molecular flexibility index (Phi) is 6.43. The number of hydrogen-bond acceptors (Lipinski definition) is 5. The summed E-state index contributed by atoms with van der Waals surface area (Å²) in [5.41, 5.74) is -0.632. The topological polar surface area (TPSA) is 68.2 Å². The van der Waals surface area contributed by atoms with Crippen LogP contribution in [-0.2, 0) is 20.8 Å². The fourth-order valence-electron chi connectivity index (χ4n) is 2.57. The molecule has 1 aromatic rings. The van der Waals surface area contributed by atoms with Crippen LogP contribution in [0.15, 0.2) is 30.3 Å². The predicted octanol–water partition coefficient (Wildman–Crippen LogP) is 2.59. The zero-order chi connectivity index (χ0) is 18.5. The smallest absolute Gasteiger partial charge is 0.410 e. The van der Waals surface area contributed by atoms with Crippen LogP contribution in [0.1, 0.15) is 33.3 Å². The number of nitrogens with zero attached hydrogens (tertiary/aromatic N) is 1. The van der Waals surface area contributed by atoms with E-state index >= 15 is 0 Å². The van der Waals surface area contributed by atoms with Gasteiger partial charge in [0.1, 0.15) is 11.2 Å². The molecular formula is C19H29NO5. The van der Waals surface area contributed by atoms with Crippen LogP contribution in [-0.4, -0.2) is 59.7 Å². The van der Waals surface area contributed by atoms with Gasteiger partial charge in [0.15, 0.2) is 0 Å². The van der Waals surface area contributed by atoms with Crippen molar-refractivity contribution in [2.75, 3.05) is 26.3 Å². The lowest BCUT2D eigenvalue weighted by atomic mass is 10.1. The van der Waals surface area contributed by atoms with Crippen molar-refractivity contribution < 1.29 is 24.1 Å². The molecule has 1 fully saturated rings. The standard InChI is InChI=1S/C19H29NO5/c1-18(2,3)25-17(21)20-10-16(24-14-19(4,22)13-20)12-23-11-15-8-6-5-7-9-15/h5-9,16,22H,10-14H2,1-4H3/t16-,19+/m0/s1. The lowest BCUT2D eigenvalue weighted by Crippen LogP contribution is -2.46. The fourth-order valence-corrected chi connectivity index (χ4v) is 2.57. The lowest BCUT2D eigenvalue weighted by Gasteiger charge is -2.30. The van der Waals surface area contributed by atoms with Gasteiger partial charge in [-0.1, -0.05) is 30.3 Å². The SMILES string of the molecule is CC(C)(C)OC(=O)N1C[C@@H](COCc2ccccc2)OC[C@](C)(O)C1. The number of carbonyl (C=O) groups is 1. The Morgan fingerprint density at radius 2 is 2.04 bits per heavy atom. The molecule has 0 saturated carbocycles. The van der Waals surface area contributed by atoms with Crippen LogP contribution in [0.4, 0.5) is 4.79 Å². The number of aliphatic hydroxyl groups is 1. The van der Waals surface area contributed by atoms with E-state index in [4.69, 9.17) is 14.2 Å². The summed E-state index contributed by atoms with van der Waals surface area (Å²) in [4.78, 5) is 13.9. The molecule has 0 bridgehead atoms. The maximum Gasteiger partial charge on any atom is 0.410 e. The molecule has 1 aliphatic heterocycles. The number of amides is 1. The Morgan fingerprint density at radius 3 is 2.68 bits per heavy atom. The monoisotopic (exact) mass is 351 g/mol. The molecule has 2 rings (SSSR count). The molecule has 0 aliphatic carbocycles. The highest BCUT2D eigenvalue weighted by Gasteiger charge is 2.35. The van der Waals surface area contributed by atoms with Gasteiger partial charge in [0.2, 0.25) is 0 Å². The third-order valence-electron chi connectivity index (χ3n) is 3.65. The second-order valence-electron chi connectivity index (χ2n) is 7.79. The van der Waals surface area contributed by atoms with E-state index in [9.17, 15) is 9.90 Å². The van der Waals surface area contributed by atoms with Gasteiger partial charge >= 0.3 is 6.09 Å². The lowest BCUT2D eigenvalue weighted by molar-refractivity contribution is -0.0658. The predicted molar refractivity (Wildman–Crippen MR) is 94.3 cm³/mol. The molecule has 6 heteroatoms. The number of carbonyl (C=O) groups excluding carboxylic acids is 1. The van der Waals surface area contributed by atoms with Crippen LogP contribution >= 0.6 is 0 Å². The van der Waals surface area contributed by atoms with Crippen LogP contribution in [0.5, 0.6) is 0 Å². The molecule has 0 radical (unpaired) electrons. The molecule has 0 aromatic heterocycles. The van der Waals surface area contributed by atoms with Gasteiger partial charge in [-0.25, -0.2) is 4.79 Å². The van der Waals surface area contributed by atoms with Gasteiger partial charge in [-0.2, -0.15) is 0 Å². The van der Waals surface area contributed by atoms with Crippen molar-refractivity contribution in [2.45, 2.75) is 51.6 Å². The van der Waals surface area contributed by atoms with Crippen molar-refractivity contribution in [3.8, 4) is 0 Å². The molecule has 1 amide bonds. The molecule has 2 atom stereocenters. The largest absolute Gasteiger partial charge is 0.444 e. The average Bonchev–Trinajstić information content (AvgIpc) is 2.65. The number of β-amino-alcohol motifs (C(OH)–C–C–N with tert-alkyl or cyclic N) is 1. The van der Waals surface area contributed by atoms with E-state index < -0.39 is 17.3 Å². The Labute approximate surface area is 149 Å². The highest BCUT2D eigenvalue weighted by atomic mass is 16.6. The van der Waals surface area contributed by atoms with Gasteiger partial charge in [-0.3, -0.25) is 0 Å². The molecule has 0 spiro atoms. The van der Waals surface area contributed by atoms with Crippen LogP contribution in [0, 0.1) is 0 Å². The molecule has 6 nitrogen and oxygen atoms in total. The van der Waals surface area contributed by atoms with Crippen LogP contribution in [0.2, 0.25) is 0 Å². The van der Waals surface area contributed by atoms with E-state index in [1.807, 2.05) is 51.1 Å². The van der Waals surface area contributed by atoms with Crippen molar-refractivity contribution in [3.63, 3.8) is 0 Å². The maximum atomic E-state index is 12.4. The summed E-state index contributed by atoms with van der Waals surface area (Å²) in [6, 6.07) is 9.86. The number of rotatable bonds is 4. The first-order valence-corrected chi connectivity index (χ1v) is 8.58. The quantitative estimate of drug-likeness (QED) is 0.903. The van der Waals surface area contributed by atoms with Crippen molar-refractivity contribution in [2.24, 2.45) is 0 Å². The van der Waals surface area contributed by atoms with Crippen molar-refractivity contribution in [1.29, 1.82) is 0 Å². The highest BCUT2D eigenvalue weighted by molar-refractivity contribution is 5.68. The summed E-state index contributed by atoms with van der Waals surface area (Å²) in [5, 5.41) is 10.4. The first-order chi connectivity index (χ1) is 11.6. The molecule has 1 N–H and O–H groups in total. The normalized spacial score (nSPS) is 24.7. The summed E-state index contributed by atoms with van der Waals surface area (Å²) >= 11 is 0. The van der Waals surface area contributed by atoms with Crippen molar-refractivity contribution in [1.82, 2.24) is 4.90 Å². The Hall–Kier alpha value is -1.63. The maximum absolute atomic E-state index is 12.4. The molecule has 0 unspecified atom stereocenters. The summed E-state index contributed by atoms with van der Waals surface area (Å²) in [6.45, 7) is 8.54. The van der Waals surface area contributed by atoms with Crippen LogP contribution < -0.4 is 0 Å². The van der Waals surface area contributed by atoms with E-state index in [-0.39, 0.29) is 19.3 Å². The second-order valence-corrected chi connectivity index (χ2v) is 7.79. The Morgan fingerprint density at radius 1 is 1.36 bits per heavy atom. The molecular weight excluding hydrogens is 322 g/mol. The zero-order valence-electron chi connectivity index (χ0n) is 15.5. The number of hydrogen-bond donors (Lipinski definition) is 1. The van der Waals surface area contributed by atoms with Crippen molar-refractivity contribution in [3.05, 3.63) is 35.9 Å². The van der Waals surface area contributed by atoms with E-state index in [0.29, 0.717) is 19.8 Å². The van der Waals surface area contributed by atoms with Crippen LogP contribution in [0.3, 0.4) is 0 Å². The Balaban J connectivity index is 1.93. The van der Waals surface area contributed by atoms with Crippen LogP contribution in [0.25, 0.3) is 0 Å². The first-order valence-electron chi connectivity index (χ1n) is 8.58. The fraction of sp³-hybridized carbons (Fsp3) is 0.632. The third-order valence-corrected chi connectivity index (χ3v) is 3.65. The van der Waals surface area contributed by atoms with Gasteiger partial charge in [-0.05, 0) is 33.3 Å². The van der Waals surface area contributed by atoms with E-state index in [1.165, 1.54) is 4.90 Å².